The molecule has 0 bridgehead atoms. The molecule has 0 radical (unpaired) electrons. The van der Waals surface area contributed by atoms with Crippen molar-refractivity contribution in [2.24, 2.45) is 0 Å². The lowest BCUT2D eigenvalue weighted by molar-refractivity contribution is 0.424. The van der Waals surface area contributed by atoms with Crippen LogP contribution in [-0.4, -0.2) is 10.1 Å². The number of benzene rings is 1. The normalized spacial score (nSPS) is 10.6. The van der Waals surface area contributed by atoms with Crippen molar-refractivity contribution in [3.05, 3.63) is 35.4 Å². The van der Waals surface area contributed by atoms with Gasteiger partial charge in [-0.2, -0.15) is 4.98 Å². The monoisotopic (exact) mass is 226 g/mol. The first-order chi connectivity index (χ1) is 7.20. The van der Waals surface area contributed by atoms with Gasteiger partial charge in [0, 0.05) is 5.56 Å². The molecule has 78 valence electrons. The summed E-state index contributed by atoms with van der Waals surface area (Å²) in [5.41, 5.74) is 1.47. The minimum atomic E-state index is -0.284. The second kappa shape index (κ2) is 3.98. The minimum Gasteiger partial charge on any atom is -0.334 e. The van der Waals surface area contributed by atoms with Gasteiger partial charge in [-0.3, -0.25) is 0 Å². The predicted molar refractivity (Wildman–Crippen MR) is 54.0 cm³/mol. The molecule has 0 spiro atoms. The summed E-state index contributed by atoms with van der Waals surface area (Å²) in [5, 5.41) is 3.66. The lowest BCUT2D eigenvalue weighted by Crippen LogP contribution is -1.86. The van der Waals surface area contributed by atoms with Gasteiger partial charge in [0.1, 0.15) is 5.82 Å². The maximum Gasteiger partial charge on any atom is 0.258 e. The smallest absolute Gasteiger partial charge is 0.258 e. The molecule has 1 heterocycles. The number of hydrogen-bond donors (Lipinski definition) is 0. The van der Waals surface area contributed by atoms with Gasteiger partial charge in [0.25, 0.3) is 5.89 Å². The van der Waals surface area contributed by atoms with Crippen molar-refractivity contribution >= 4 is 11.6 Å². The van der Waals surface area contributed by atoms with Crippen molar-refractivity contribution in [3.63, 3.8) is 0 Å². The Kier molecular flexibility index (Phi) is 2.68. The van der Waals surface area contributed by atoms with Crippen molar-refractivity contribution in [3.8, 4) is 11.5 Å². The lowest BCUT2D eigenvalue weighted by Gasteiger charge is -1.99. The van der Waals surface area contributed by atoms with Gasteiger partial charge in [-0.1, -0.05) is 5.16 Å². The van der Waals surface area contributed by atoms with Crippen molar-refractivity contribution in [1.29, 1.82) is 0 Å². The highest BCUT2D eigenvalue weighted by Gasteiger charge is 2.10. The van der Waals surface area contributed by atoms with Gasteiger partial charge >= 0.3 is 0 Å². The fourth-order valence-corrected chi connectivity index (χ4v) is 1.39. The molecular weight excluding hydrogens is 219 g/mol. The van der Waals surface area contributed by atoms with E-state index in [9.17, 15) is 4.39 Å². The van der Waals surface area contributed by atoms with Crippen molar-refractivity contribution in [1.82, 2.24) is 10.1 Å². The van der Waals surface area contributed by atoms with Crippen LogP contribution in [0.15, 0.2) is 22.7 Å². The molecule has 0 aliphatic heterocycles. The number of rotatable bonds is 2. The summed E-state index contributed by atoms with van der Waals surface area (Å²) < 4.78 is 17.8. The van der Waals surface area contributed by atoms with Crippen LogP contribution in [0.1, 0.15) is 11.4 Å². The molecule has 0 fully saturated rings. The van der Waals surface area contributed by atoms with Crippen molar-refractivity contribution < 1.29 is 8.91 Å². The highest BCUT2D eigenvalue weighted by Crippen LogP contribution is 2.22. The molecule has 5 heteroatoms. The Hall–Kier alpha value is -1.42. The Bertz CT molecular complexity index is 484. The molecule has 0 N–H and O–H groups in total. The van der Waals surface area contributed by atoms with Gasteiger partial charge in [0.05, 0.1) is 5.88 Å². The van der Waals surface area contributed by atoms with Crippen LogP contribution in [-0.2, 0) is 5.88 Å². The third kappa shape index (κ3) is 1.99. The van der Waals surface area contributed by atoms with Gasteiger partial charge in [-0.05, 0) is 30.7 Å². The average molecular weight is 227 g/mol. The lowest BCUT2D eigenvalue weighted by atomic mass is 10.1. The molecule has 2 rings (SSSR count). The molecule has 0 atom stereocenters. The molecule has 0 aliphatic carbocycles. The summed E-state index contributed by atoms with van der Waals surface area (Å²) in [4.78, 5) is 4.06. The maximum atomic E-state index is 12.8. The second-order valence-corrected chi connectivity index (χ2v) is 3.38. The summed E-state index contributed by atoms with van der Waals surface area (Å²) in [6.45, 7) is 1.78. The zero-order valence-electron chi connectivity index (χ0n) is 8.00. The number of hydrogen-bond acceptors (Lipinski definition) is 3. The molecule has 15 heavy (non-hydrogen) atoms. The highest BCUT2D eigenvalue weighted by molar-refractivity contribution is 6.16. The van der Waals surface area contributed by atoms with E-state index >= 15 is 0 Å². The first-order valence-corrected chi connectivity index (χ1v) is 4.89. The standard InChI is InChI=1S/C10H8ClFN2O/c1-6-4-7(12)2-3-8(6)10-13-9(5-11)14-15-10/h2-4H,5H2,1H3. The number of aryl methyl sites for hydroxylation is 1. The Morgan fingerprint density at radius 3 is 2.87 bits per heavy atom. The van der Waals surface area contributed by atoms with Crippen LogP contribution in [0, 0.1) is 12.7 Å². The van der Waals surface area contributed by atoms with Crippen LogP contribution >= 0.6 is 11.6 Å². The second-order valence-electron chi connectivity index (χ2n) is 3.11. The SMILES string of the molecule is Cc1cc(F)ccc1-c1nc(CCl)no1. The van der Waals surface area contributed by atoms with E-state index < -0.39 is 0 Å². The fraction of sp³-hybridized carbons (Fsp3) is 0.200. The molecular formula is C10H8ClFN2O. The number of halogens is 2. The van der Waals surface area contributed by atoms with E-state index in [2.05, 4.69) is 10.1 Å². The molecule has 1 aromatic heterocycles. The molecule has 0 amide bonds. The summed E-state index contributed by atoms with van der Waals surface area (Å²) in [6.07, 6.45) is 0. The van der Waals surface area contributed by atoms with E-state index in [1.54, 1.807) is 13.0 Å². The third-order valence-electron chi connectivity index (χ3n) is 2.01. The Balaban J connectivity index is 2.44. The number of aromatic nitrogens is 2. The average Bonchev–Trinajstić information content (AvgIpc) is 2.66. The molecule has 0 saturated heterocycles. The largest absolute Gasteiger partial charge is 0.334 e. The first-order valence-electron chi connectivity index (χ1n) is 4.36. The van der Waals surface area contributed by atoms with Crippen LogP contribution in [0.3, 0.4) is 0 Å². The Morgan fingerprint density at radius 1 is 1.47 bits per heavy atom. The number of nitrogens with zero attached hydrogens (tertiary/aromatic N) is 2. The van der Waals surface area contributed by atoms with Crippen LogP contribution in [0.5, 0.6) is 0 Å². The van der Waals surface area contributed by atoms with Gasteiger partial charge in [0.15, 0.2) is 5.82 Å². The molecule has 1 aromatic carbocycles. The molecule has 0 aliphatic rings. The van der Waals surface area contributed by atoms with E-state index in [1.807, 2.05) is 0 Å². The summed E-state index contributed by atoms with van der Waals surface area (Å²) in [7, 11) is 0. The van der Waals surface area contributed by atoms with Crippen molar-refractivity contribution in [2.75, 3.05) is 0 Å². The van der Waals surface area contributed by atoms with E-state index in [0.717, 1.165) is 11.1 Å². The Morgan fingerprint density at radius 2 is 2.27 bits per heavy atom. The van der Waals surface area contributed by atoms with E-state index in [0.29, 0.717) is 11.7 Å². The highest BCUT2D eigenvalue weighted by atomic mass is 35.5. The van der Waals surface area contributed by atoms with Gasteiger partial charge < -0.3 is 4.52 Å². The third-order valence-corrected chi connectivity index (χ3v) is 2.25. The summed E-state index contributed by atoms with van der Waals surface area (Å²) >= 11 is 5.55. The van der Waals surface area contributed by atoms with Gasteiger partial charge in [0.2, 0.25) is 0 Å². The quantitative estimate of drug-likeness (QED) is 0.739. The van der Waals surface area contributed by atoms with Crippen LogP contribution in [0.4, 0.5) is 4.39 Å². The maximum absolute atomic E-state index is 12.8. The first kappa shape index (κ1) is 10.1. The van der Waals surface area contributed by atoms with Crippen LogP contribution < -0.4 is 0 Å². The van der Waals surface area contributed by atoms with E-state index in [-0.39, 0.29) is 11.7 Å². The minimum absolute atomic E-state index is 0.198. The van der Waals surface area contributed by atoms with E-state index in [4.69, 9.17) is 16.1 Å². The van der Waals surface area contributed by atoms with Crippen molar-refractivity contribution in [2.45, 2.75) is 12.8 Å². The molecule has 0 saturated carbocycles. The zero-order valence-corrected chi connectivity index (χ0v) is 8.75. The van der Waals surface area contributed by atoms with Gasteiger partial charge in [-0.25, -0.2) is 4.39 Å². The predicted octanol–water partition coefficient (Wildman–Crippen LogP) is 2.92. The van der Waals surface area contributed by atoms with Gasteiger partial charge in [-0.15, -0.1) is 11.6 Å². The van der Waals surface area contributed by atoms with E-state index in [1.165, 1.54) is 12.1 Å². The summed E-state index contributed by atoms with van der Waals surface area (Å²) in [5.74, 6) is 0.705. The number of alkyl halides is 1. The van der Waals surface area contributed by atoms with Crippen LogP contribution in [0.2, 0.25) is 0 Å². The van der Waals surface area contributed by atoms with Crippen LogP contribution in [0.25, 0.3) is 11.5 Å². The fourth-order valence-electron chi connectivity index (χ4n) is 1.28. The zero-order chi connectivity index (χ0) is 10.8. The topological polar surface area (TPSA) is 38.9 Å². The molecule has 0 unspecified atom stereocenters. The molecule has 3 nitrogen and oxygen atoms in total. The molecule has 2 aromatic rings. The Labute approximate surface area is 90.9 Å². The summed E-state index contributed by atoms with van der Waals surface area (Å²) in [6, 6.07) is 4.38.